The summed E-state index contributed by atoms with van der Waals surface area (Å²) >= 11 is 0. The minimum Gasteiger partial charge on any atom is -0.352 e. The van der Waals surface area contributed by atoms with E-state index in [1.54, 1.807) is 23.1 Å². The highest BCUT2D eigenvalue weighted by Gasteiger charge is 2.22. The predicted octanol–water partition coefficient (Wildman–Crippen LogP) is -0.0532. The highest BCUT2D eigenvalue weighted by Crippen LogP contribution is 2.15. The minimum absolute atomic E-state index is 0.0146. The van der Waals surface area contributed by atoms with E-state index in [9.17, 15) is 4.79 Å². The van der Waals surface area contributed by atoms with Crippen LogP contribution in [-0.4, -0.2) is 55.2 Å². The molecule has 0 spiro atoms. The Morgan fingerprint density at radius 2 is 2.22 bits per heavy atom. The number of piperidine rings is 1. The van der Waals surface area contributed by atoms with Gasteiger partial charge in [-0.1, -0.05) is 0 Å². The summed E-state index contributed by atoms with van der Waals surface area (Å²) in [7, 11) is 0. The molecular formula is C14H20N8O. The first-order chi connectivity index (χ1) is 11.2. The van der Waals surface area contributed by atoms with Crippen LogP contribution in [0.2, 0.25) is 0 Å². The number of hydrogen-bond acceptors (Lipinski definition) is 7. The van der Waals surface area contributed by atoms with E-state index in [1.165, 1.54) is 0 Å². The first-order valence-electron chi connectivity index (χ1n) is 7.76. The Morgan fingerprint density at radius 3 is 2.96 bits per heavy atom. The predicted molar refractivity (Wildman–Crippen MR) is 82.6 cm³/mol. The fraction of sp³-hybridized carbons (Fsp3) is 0.571. The van der Waals surface area contributed by atoms with Crippen molar-refractivity contribution in [2.24, 2.45) is 0 Å². The average molecular weight is 316 g/mol. The second-order valence-electron chi connectivity index (χ2n) is 5.60. The number of carbonyl (C=O) groups is 1. The van der Waals surface area contributed by atoms with Crippen LogP contribution in [0.5, 0.6) is 0 Å². The molecule has 23 heavy (non-hydrogen) atoms. The van der Waals surface area contributed by atoms with Crippen LogP contribution in [-0.2, 0) is 11.3 Å². The van der Waals surface area contributed by atoms with Crippen LogP contribution >= 0.6 is 0 Å². The van der Waals surface area contributed by atoms with Gasteiger partial charge in [0.1, 0.15) is 5.82 Å². The number of aryl methyl sites for hydroxylation is 2. The molecule has 3 rings (SSSR count). The van der Waals surface area contributed by atoms with Crippen molar-refractivity contribution in [1.82, 2.24) is 35.5 Å². The lowest BCUT2D eigenvalue weighted by molar-refractivity contribution is -0.122. The Morgan fingerprint density at radius 1 is 1.39 bits per heavy atom. The fourth-order valence-electron chi connectivity index (χ4n) is 2.69. The Labute approximate surface area is 134 Å². The smallest absolute Gasteiger partial charge is 0.225 e. The molecule has 0 saturated carbocycles. The number of nitrogens with zero attached hydrogens (tertiary/aromatic N) is 7. The maximum atomic E-state index is 12.1. The van der Waals surface area contributed by atoms with Gasteiger partial charge in [-0.3, -0.25) is 4.79 Å². The Kier molecular flexibility index (Phi) is 4.74. The van der Waals surface area contributed by atoms with E-state index in [0.29, 0.717) is 18.8 Å². The molecular weight excluding hydrogens is 296 g/mol. The van der Waals surface area contributed by atoms with Gasteiger partial charge >= 0.3 is 0 Å². The van der Waals surface area contributed by atoms with Gasteiger partial charge in [-0.25, -0.2) is 14.6 Å². The van der Waals surface area contributed by atoms with E-state index < -0.39 is 0 Å². The SMILES string of the molecule is Cc1nnnn1CCC(=O)NC1CCCN(c2ncccn2)C1. The normalized spacial score (nSPS) is 18.0. The van der Waals surface area contributed by atoms with E-state index in [1.807, 2.05) is 6.92 Å². The van der Waals surface area contributed by atoms with Gasteiger partial charge in [0.25, 0.3) is 0 Å². The van der Waals surface area contributed by atoms with Crippen molar-refractivity contribution >= 4 is 11.9 Å². The summed E-state index contributed by atoms with van der Waals surface area (Å²) in [6.45, 7) is 3.96. The molecule has 1 unspecified atom stereocenters. The summed E-state index contributed by atoms with van der Waals surface area (Å²) in [5.74, 6) is 1.44. The summed E-state index contributed by atoms with van der Waals surface area (Å²) < 4.78 is 1.63. The van der Waals surface area contributed by atoms with Crippen LogP contribution in [0.4, 0.5) is 5.95 Å². The van der Waals surface area contributed by atoms with Gasteiger partial charge in [-0.15, -0.1) is 5.10 Å². The van der Waals surface area contributed by atoms with Gasteiger partial charge in [-0.05, 0) is 36.3 Å². The summed E-state index contributed by atoms with van der Waals surface area (Å²) in [4.78, 5) is 22.8. The van der Waals surface area contributed by atoms with Crippen LogP contribution in [0.25, 0.3) is 0 Å². The van der Waals surface area contributed by atoms with Gasteiger partial charge in [0.2, 0.25) is 11.9 Å². The largest absolute Gasteiger partial charge is 0.352 e. The molecule has 1 aliphatic rings. The Balaban J connectivity index is 1.49. The summed E-state index contributed by atoms with van der Waals surface area (Å²) in [5.41, 5.74) is 0. The monoisotopic (exact) mass is 316 g/mol. The van der Waals surface area contributed by atoms with Crippen molar-refractivity contribution in [3.05, 3.63) is 24.3 Å². The van der Waals surface area contributed by atoms with Crippen molar-refractivity contribution in [2.45, 2.75) is 38.8 Å². The van der Waals surface area contributed by atoms with Crippen molar-refractivity contribution in [2.75, 3.05) is 18.0 Å². The number of nitrogens with one attached hydrogen (secondary N) is 1. The van der Waals surface area contributed by atoms with E-state index in [4.69, 9.17) is 0 Å². The topological polar surface area (TPSA) is 102 Å². The zero-order valence-electron chi connectivity index (χ0n) is 13.1. The number of hydrogen-bond donors (Lipinski definition) is 1. The van der Waals surface area contributed by atoms with Crippen LogP contribution in [0, 0.1) is 6.92 Å². The van der Waals surface area contributed by atoms with E-state index >= 15 is 0 Å². The fourth-order valence-corrected chi connectivity index (χ4v) is 2.69. The van der Waals surface area contributed by atoms with E-state index in [2.05, 4.69) is 35.7 Å². The molecule has 122 valence electrons. The Hall–Kier alpha value is -2.58. The molecule has 1 saturated heterocycles. The molecule has 3 heterocycles. The van der Waals surface area contributed by atoms with Crippen LogP contribution in [0.1, 0.15) is 25.1 Å². The van der Waals surface area contributed by atoms with Crippen LogP contribution in [0.3, 0.4) is 0 Å². The third-order valence-electron chi connectivity index (χ3n) is 3.88. The summed E-state index contributed by atoms with van der Waals surface area (Å²) in [5, 5.41) is 14.3. The number of carbonyl (C=O) groups excluding carboxylic acids is 1. The van der Waals surface area contributed by atoms with Crippen molar-refractivity contribution in [3.8, 4) is 0 Å². The summed E-state index contributed by atoms with van der Waals surface area (Å²) in [6, 6.07) is 1.92. The van der Waals surface area contributed by atoms with Crippen molar-refractivity contribution in [1.29, 1.82) is 0 Å². The van der Waals surface area contributed by atoms with Gasteiger partial charge in [0.05, 0.1) is 6.54 Å². The highest BCUT2D eigenvalue weighted by molar-refractivity contribution is 5.76. The molecule has 1 amide bonds. The van der Waals surface area contributed by atoms with Crippen molar-refractivity contribution in [3.63, 3.8) is 0 Å². The molecule has 1 fully saturated rings. The first-order valence-corrected chi connectivity index (χ1v) is 7.76. The lowest BCUT2D eigenvalue weighted by atomic mass is 10.1. The number of tetrazole rings is 1. The standard InChI is InChI=1S/C14H20N8O/c1-11-18-19-20-22(11)9-5-13(23)17-12-4-2-8-21(10-12)14-15-6-3-7-16-14/h3,6-7,12H,2,4-5,8-10H2,1H3,(H,17,23). The molecule has 0 aromatic carbocycles. The first kappa shape index (κ1) is 15.3. The second-order valence-corrected chi connectivity index (χ2v) is 5.60. The Bertz CT molecular complexity index is 643. The van der Waals surface area contributed by atoms with Gasteiger partial charge < -0.3 is 10.2 Å². The zero-order valence-corrected chi connectivity index (χ0v) is 13.1. The lowest BCUT2D eigenvalue weighted by Gasteiger charge is -2.33. The molecule has 1 aliphatic heterocycles. The number of aromatic nitrogens is 6. The molecule has 2 aromatic rings. The van der Waals surface area contributed by atoms with Gasteiger partial charge in [0, 0.05) is 37.9 Å². The van der Waals surface area contributed by atoms with Crippen LogP contribution < -0.4 is 10.2 Å². The number of anilines is 1. The second kappa shape index (κ2) is 7.12. The molecule has 0 radical (unpaired) electrons. The molecule has 2 aromatic heterocycles. The third kappa shape index (κ3) is 3.99. The highest BCUT2D eigenvalue weighted by atomic mass is 16.1. The van der Waals surface area contributed by atoms with E-state index in [-0.39, 0.29) is 11.9 Å². The zero-order chi connectivity index (χ0) is 16.1. The quantitative estimate of drug-likeness (QED) is 0.825. The molecule has 1 N–H and O–H groups in total. The van der Waals surface area contributed by atoms with Gasteiger partial charge in [-0.2, -0.15) is 0 Å². The molecule has 0 bridgehead atoms. The average Bonchev–Trinajstić information content (AvgIpc) is 2.99. The number of amides is 1. The molecule has 0 aliphatic carbocycles. The molecule has 1 atom stereocenters. The van der Waals surface area contributed by atoms with E-state index in [0.717, 1.165) is 31.9 Å². The molecule has 9 heteroatoms. The third-order valence-corrected chi connectivity index (χ3v) is 3.88. The summed E-state index contributed by atoms with van der Waals surface area (Å²) in [6.07, 6.45) is 5.82. The minimum atomic E-state index is 0.0146. The number of rotatable bonds is 5. The van der Waals surface area contributed by atoms with Crippen molar-refractivity contribution < 1.29 is 4.79 Å². The van der Waals surface area contributed by atoms with Gasteiger partial charge in [0.15, 0.2) is 0 Å². The molecule has 9 nitrogen and oxygen atoms in total. The lowest BCUT2D eigenvalue weighted by Crippen LogP contribution is -2.48. The maximum absolute atomic E-state index is 12.1. The maximum Gasteiger partial charge on any atom is 0.225 e. The van der Waals surface area contributed by atoms with Crippen LogP contribution in [0.15, 0.2) is 18.5 Å².